The van der Waals surface area contributed by atoms with Crippen molar-refractivity contribution in [3.63, 3.8) is 0 Å². The van der Waals surface area contributed by atoms with Crippen LogP contribution in [0.1, 0.15) is 104 Å². The highest BCUT2D eigenvalue weighted by Gasteiger charge is 2.11. The summed E-state index contributed by atoms with van der Waals surface area (Å²) in [7, 11) is 0. The third-order valence-electron chi connectivity index (χ3n) is 4.20. The summed E-state index contributed by atoms with van der Waals surface area (Å²) in [5.74, 6) is 1.74. The number of carbonyl (C=O) groups is 1. The predicted octanol–water partition coefficient (Wildman–Crippen LogP) is 7.36. The number of thioether (sulfide) groups is 2. The fraction of sp³-hybridized carbons (Fsp3) is 0.950. The fourth-order valence-corrected chi connectivity index (χ4v) is 5.45. The van der Waals surface area contributed by atoms with Gasteiger partial charge in [-0.1, -0.05) is 78.1 Å². The first-order chi connectivity index (χ1) is 11.7. The number of hydrogen-bond donors (Lipinski definition) is 1. The molecular formula is C20H40O2S2. The zero-order chi connectivity index (χ0) is 17.9. The van der Waals surface area contributed by atoms with Gasteiger partial charge in [-0.05, 0) is 30.8 Å². The Morgan fingerprint density at radius 3 is 1.58 bits per heavy atom. The van der Waals surface area contributed by atoms with Crippen LogP contribution >= 0.6 is 23.5 Å². The second-order valence-corrected chi connectivity index (χ2v) is 9.56. The van der Waals surface area contributed by atoms with Crippen LogP contribution in [0.15, 0.2) is 0 Å². The number of aliphatic carboxylic acids is 1. The van der Waals surface area contributed by atoms with Crippen molar-refractivity contribution in [3.8, 4) is 0 Å². The Kier molecular flexibility index (Phi) is 19.6. The van der Waals surface area contributed by atoms with Crippen LogP contribution < -0.4 is 0 Å². The zero-order valence-electron chi connectivity index (χ0n) is 16.1. The normalized spacial score (nSPS) is 11.3. The minimum absolute atomic E-state index is 0.317. The Morgan fingerprint density at radius 2 is 1.17 bits per heavy atom. The van der Waals surface area contributed by atoms with Gasteiger partial charge in [-0.2, -0.15) is 0 Å². The van der Waals surface area contributed by atoms with Crippen LogP contribution in [0.5, 0.6) is 0 Å². The summed E-state index contributed by atoms with van der Waals surface area (Å²) >= 11 is 4.00. The third-order valence-corrected chi connectivity index (χ3v) is 7.28. The van der Waals surface area contributed by atoms with E-state index >= 15 is 0 Å². The fourth-order valence-electron chi connectivity index (χ4n) is 2.65. The number of hydrogen-bond acceptors (Lipinski definition) is 3. The summed E-state index contributed by atoms with van der Waals surface area (Å²) in [4.78, 5) is 10.8. The smallest absolute Gasteiger partial charge is 0.303 e. The topological polar surface area (TPSA) is 37.3 Å². The summed E-state index contributed by atoms with van der Waals surface area (Å²) in [6.45, 7) is 4.51. The summed E-state index contributed by atoms with van der Waals surface area (Å²) < 4.78 is 0.479. The lowest BCUT2D eigenvalue weighted by Gasteiger charge is -2.15. The van der Waals surface area contributed by atoms with Crippen molar-refractivity contribution in [1.82, 2.24) is 0 Å². The van der Waals surface area contributed by atoms with Gasteiger partial charge in [0.2, 0.25) is 0 Å². The van der Waals surface area contributed by atoms with Crippen molar-refractivity contribution in [2.75, 3.05) is 11.5 Å². The standard InChI is InChI=1S/C20H40O2S2/c1-3-5-7-9-11-13-17-23-20(16-15-19(21)22)24-18-14-12-10-8-6-4-2/h20H,3-18H2,1-2H3,(H,21,22). The molecule has 0 aromatic rings. The van der Waals surface area contributed by atoms with Crippen molar-refractivity contribution in [3.05, 3.63) is 0 Å². The van der Waals surface area contributed by atoms with E-state index in [4.69, 9.17) is 5.11 Å². The maximum Gasteiger partial charge on any atom is 0.303 e. The number of unbranched alkanes of at least 4 members (excludes halogenated alkanes) is 10. The van der Waals surface area contributed by atoms with Crippen molar-refractivity contribution >= 4 is 29.5 Å². The minimum atomic E-state index is -0.652. The SMILES string of the molecule is CCCCCCCCSC(CCC(=O)O)SCCCCCCCC. The molecule has 0 saturated heterocycles. The average molecular weight is 377 g/mol. The van der Waals surface area contributed by atoms with E-state index in [0.717, 1.165) is 6.42 Å². The summed E-state index contributed by atoms with van der Waals surface area (Å²) in [6.07, 6.45) is 17.2. The van der Waals surface area contributed by atoms with Crippen LogP contribution in [0, 0.1) is 0 Å². The first-order valence-corrected chi connectivity index (χ1v) is 12.3. The number of carboxylic acid groups (broad SMARTS) is 1. The molecule has 0 amide bonds. The van der Waals surface area contributed by atoms with Crippen molar-refractivity contribution < 1.29 is 9.90 Å². The predicted molar refractivity (Wildman–Crippen MR) is 112 cm³/mol. The Labute approximate surface area is 159 Å². The molecule has 0 heterocycles. The van der Waals surface area contributed by atoms with Gasteiger partial charge in [0.1, 0.15) is 0 Å². The van der Waals surface area contributed by atoms with Crippen molar-refractivity contribution in [2.45, 2.75) is 108 Å². The highest BCUT2D eigenvalue weighted by molar-refractivity contribution is 8.17. The molecule has 1 N–H and O–H groups in total. The van der Waals surface area contributed by atoms with Gasteiger partial charge in [-0.15, -0.1) is 23.5 Å². The maximum absolute atomic E-state index is 10.8. The Hall–Kier alpha value is 0.170. The minimum Gasteiger partial charge on any atom is -0.481 e. The molecule has 144 valence electrons. The van der Waals surface area contributed by atoms with E-state index in [1.807, 2.05) is 23.5 Å². The van der Waals surface area contributed by atoms with Crippen LogP contribution in [0.3, 0.4) is 0 Å². The van der Waals surface area contributed by atoms with Gasteiger partial charge in [-0.3, -0.25) is 4.79 Å². The molecule has 0 aromatic heterocycles. The van der Waals surface area contributed by atoms with Gasteiger partial charge >= 0.3 is 5.97 Å². The quantitative estimate of drug-likeness (QED) is 0.189. The Morgan fingerprint density at radius 1 is 0.750 bits per heavy atom. The van der Waals surface area contributed by atoms with E-state index in [1.54, 1.807) is 0 Å². The molecule has 0 saturated carbocycles. The van der Waals surface area contributed by atoms with E-state index < -0.39 is 5.97 Å². The van der Waals surface area contributed by atoms with Gasteiger partial charge in [0, 0.05) is 6.42 Å². The van der Waals surface area contributed by atoms with E-state index in [1.165, 1.54) is 88.6 Å². The van der Waals surface area contributed by atoms with Gasteiger partial charge in [-0.25, -0.2) is 0 Å². The van der Waals surface area contributed by atoms with Gasteiger partial charge in [0.05, 0.1) is 4.58 Å². The highest BCUT2D eigenvalue weighted by atomic mass is 32.2. The summed E-state index contributed by atoms with van der Waals surface area (Å²) in [6, 6.07) is 0. The molecule has 0 radical (unpaired) electrons. The van der Waals surface area contributed by atoms with E-state index in [9.17, 15) is 4.79 Å². The molecule has 0 aliphatic carbocycles. The van der Waals surface area contributed by atoms with Crippen molar-refractivity contribution in [2.24, 2.45) is 0 Å². The van der Waals surface area contributed by atoms with Crippen LogP contribution in [-0.2, 0) is 4.79 Å². The van der Waals surface area contributed by atoms with E-state index in [2.05, 4.69) is 13.8 Å². The molecule has 0 unspecified atom stereocenters. The molecule has 0 spiro atoms. The second-order valence-electron chi connectivity index (χ2n) is 6.64. The molecule has 0 aromatic carbocycles. The molecule has 24 heavy (non-hydrogen) atoms. The largest absolute Gasteiger partial charge is 0.481 e. The average Bonchev–Trinajstić information content (AvgIpc) is 2.57. The van der Waals surface area contributed by atoms with Gasteiger partial charge in [0.25, 0.3) is 0 Å². The summed E-state index contributed by atoms with van der Waals surface area (Å²) in [5.41, 5.74) is 0. The van der Waals surface area contributed by atoms with Crippen LogP contribution in [0.25, 0.3) is 0 Å². The van der Waals surface area contributed by atoms with Gasteiger partial charge in [0.15, 0.2) is 0 Å². The molecule has 0 aliphatic heterocycles. The van der Waals surface area contributed by atoms with Crippen molar-refractivity contribution in [1.29, 1.82) is 0 Å². The van der Waals surface area contributed by atoms with Crippen LogP contribution in [-0.4, -0.2) is 27.2 Å². The molecule has 0 atom stereocenters. The van der Waals surface area contributed by atoms with Gasteiger partial charge < -0.3 is 5.11 Å². The maximum atomic E-state index is 10.8. The summed E-state index contributed by atoms with van der Waals surface area (Å²) in [5, 5.41) is 8.93. The van der Waals surface area contributed by atoms with Crippen LogP contribution in [0.4, 0.5) is 0 Å². The zero-order valence-corrected chi connectivity index (χ0v) is 17.7. The molecule has 2 nitrogen and oxygen atoms in total. The lowest BCUT2D eigenvalue weighted by Crippen LogP contribution is -2.05. The molecule has 0 bridgehead atoms. The highest BCUT2D eigenvalue weighted by Crippen LogP contribution is 2.30. The molecular weight excluding hydrogens is 336 g/mol. The van der Waals surface area contributed by atoms with E-state index in [-0.39, 0.29) is 0 Å². The molecule has 4 heteroatoms. The second kappa shape index (κ2) is 19.5. The molecule has 0 aliphatic rings. The Bertz CT molecular complexity index is 254. The molecule has 0 rings (SSSR count). The third kappa shape index (κ3) is 18.5. The van der Waals surface area contributed by atoms with E-state index in [0.29, 0.717) is 11.0 Å². The lowest BCUT2D eigenvalue weighted by molar-refractivity contribution is -0.137. The Balaban J connectivity index is 3.70. The monoisotopic (exact) mass is 376 g/mol. The lowest BCUT2D eigenvalue weighted by atomic mass is 10.1. The van der Waals surface area contributed by atoms with Crippen LogP contribution in [0.2, 0.25) is 0 Å². The molecule has 0 fully saturated rings. The first-order valence-electron chi connectivity index (χ1n) is 10.2. The number of carboxylic acids is 1. The number of rotatable bonds is 19. The first kappa shape index (κ1) is 24.2.